The van der Waals surface area contributed by atoms with Crippen LogP contribution in [0.5, 0.6) is 6.01 Å². The van der Waals surface area contributed by atoms with E-state index >= 15 is 0 Å². The number of aryl methyl sites for hydroxylation is 1. The number of carbonyl (C=O) groups is 1. The van der Waals surface area contributed by atoms with Crippen LogP contribution in [0.4, 0.5) is 4.39 Å². The van der Waals surface area contributed by atoms with E-state index in [2.05, 4.69) is 21.9 Å². The predicted octanol–water partition coefficient (Wildman–Crippen LogP) is 5.02. The summed E-state index contributed by atoms with van der Waals surface area (Å²) < 4.78 is 19.2. The zero-order valence-electron chi connectivity index (χ0n) is 17.2. The Morgan fingerprint density at radius 3 is 2.71 bits per heavy atom. The standard InChI is InChI=1S/C22H22ClFN4O2S/c1-13-4-3-9-28(18(13)12-30-22-25-10-16(23)11-26-22)21(29)19-20(31-14(2)27-19)15-5-7-17(24)8-6-15/h5-8,10-11,13,18H,3-4,9,12H2,1-2H3/t13-,18-/m1/s1. The molecule has 4 rings (SSSR count). The fraction of sp³-hybridized carbons (Fsp3) is 0.364. The molecule has 0 unspecified atom stereocenters. The molecule has 0 aliphatic carbocycles. The summed E-state index contributed by atoms with van der Waals surface area (Å²) >= 11 is 7.27. The van der Waals surface area contributed by atoms with Gasteiger partial charge in [-0.2, -0.15) is 0 Å². The van der Waals surface area contributed by atoms with E-state index in [4.69, 9.17) is 16.3 Å². The first-order valence-corrected chi connectivity index (χ1v) is 11.3. The van der Waals surface area contributed by atoms with Crippen LogP contribution in [0.3, 0.4) is 0 Å². The lowest BCUT2D eigenvalue weighted by Crippen LogP contribution is -2.50. The Morgan fingerprint density at radius 2 is 2.00 bits per heavy atom. The Bertz CT molecular complexity index is 1060. The van der Waals surface area contributed by atoms with Crippen molar-refractivity contribution in [3.05, 3.63) is 58.2 Å². The summed E-state index contributed by atoms with van der Waals surface area (Å²) in [5, 5.41) is 1.22. The van der Waals surface area contributed by atoms with Crippen molar-refractivity contribution in [2.45, 2.75) is 32.7 Å². The van der Waals surface area contributed by atoms with Crippen molar-refractivity contribution in [3.63, 3.8) is 0 Å². The quantitative estimate of drug-likeness (QED) is 0.534. The lowest BCUT2D eigenvalue weighted by molar-refractivity contribution is 0.0377. The van der Waals surface area contributed by atoms with E-state index in [-0.39, 0.29) is 36.3 Å². The Kier molecular flexibility index (Phi) is 6.48. The van der Waals surface area contributed by atoms with Crippen LogP contribution in [0.1, 0.15) is 35.3 Å². The van der Waals surface area contributed by atoms with Gasteiger partial charge in [0.15, 0.2) is 0 Å². The van der Waals surface area contributed by atoms with E-state index in [1.165, 1.54) is 35.9 Å². The van der Waals surface area contributed by atoms with Gasteiger partial charge in [0.25, 0.3) is 5.91 Å². The lowest BCUT2D eigenvalue weighted by atomic mass is 9.91. The van der Waals surface area contributed by atoms with E-state index in [0.29, 0.717) is 17.3 Å². The van der Waals surface area contributed by atoms with Crippen LogP contribution >= 0.6 is 22.9 Å². The number of benzene rings is 1. The van der Waals surface area contributed by atoms with Crippen LogP contribution < -0.4 is 4.74 Å². The molecule has 1 amide bonds. The number of hydrogen-bond donors (Lipinski definition) is 0. The smallest absolute Gasteiger partial charge is 0.316 e. The van der Waals surface area contributed by atoms with Gasteiger partial charge in [0.1, 0.15) is 18.1 Å². The summed E-state index contributed by atoms with van der Waals surface area (Å²) in [5.41, 5.74) is 1.18. The SMILES string of the molecule is Cc1nc(C(=O)N2CCC[C@@H](C)[C@H]2COc2ncc(Cl)cn2)c(-c2ccc(F)cc2)s1. The molecule has 2 atom stereocenters. The maximum absolute atomic E-state index is 13.6. The number of hydrogen-bond acceptors (Lipinski definition) is 6. The van der Waals surface area contributed by atoms with Gasteiger partial charge >= 0.3 is 6.01 Å². The minimum absolute atomic E-state index is 0.136. The Morgan fingerprint density at radius 1 is 1.29 bits per heavy atom. The normalized spacial score (nSPS) is 18.8. The molecular formula is C22H22ClFN4O2S. The maximum atomic E-state index is 13.6. The van der Waals surface area contributed by atoms with Crippen molar-refractivity contribution in [2.24, 2.45) is 5.92 Å². The van der Waals surface area contributed by atoms with Crippen molar-refractivity contribution in [1.82, 2.24) is 19.9 Å². The second kappa shape index (κ2) is 9.28. The molecule has 162 valence electrons. The summed E-state index contributed by atoms with van der Waals surface area (Å²) in [6.45, 7) is 4.89. The highest BCUT2D eigenvalue weighted by atomic mass is 35.5. The third-order valence-corrected chi connectivity index (χ3v) is 6.61. The molecule has 9 heteroatoms. The van der Waals surface area contributed by atoms with Crippen LogP contribution in [-0.2, 0) is 0 Å². The molecule has 3 heterocycles. The molecule has 1 saturated heterocycles. The highest BCUT2D eigenvalue weighted by molar-refractivity contribution is 7.15. The van der Waals surface area contributed by atoms with Crippen molar-refractivity contribution in [2.75, 3.05) is 13.2 Å². The third-order valence-electron chi connectivity index (χ3n) is 5.40. The summed E-state index contributed by atoms with van der Waals surface area (Å²) in [6.07, 6.45) is 4.87. The van der Waals surface area contributed by atoms with Crippen molar-refractivity contribution < 1.29 is 13.9 Å². The first-order valence-electron chi connectivity index (χ1n) is 10.1. The fourth-order valence-electron chi connectivity index (χ4n) is 3.80. The van der Waals surface area contributed by atoms with Crippen LogP contribution in [-0.4, -0.2) is 45.0 Å². The molecule has 2 aromatic heterocycles. The molecule has 1 aliphatic rings. The van der Waals surface area contributed by atoms with Crippen LogP contribution in [0.2, 0.25) is 5.02 Å². The average Bonchev–Trinajstić information content (AvgIpc) is 3.15. The van der Waals surface area contributed by atoms with Gasteiger partial charge in [-0.05, 0) is 43.4 Å². The zero-order chi connectivity index (χ0) is 22.0. The molecule has 31 heavy (non-hydrogen) atoms. The molecule has 0 N–H and O–H groups in total. The number of rotatable bonds is 5. The number of thiazole rings is 1. The number of piperidine rings is 1. The van der Waals surface area contributed by atoms with E-state index in [1.807, 2.05) is 11.8 Å². The first-order chi connectivity index (χ1) is 14.9. The van der Waals surface area contributed by atoms with Crippen LogP contribution in [0.25, 0.3) is 10.4 Å². The molecule has 6 nitrogen and oxygen atoms in total. The van der Waals surface area contributed by atoms with Crippen LogP contribution in [0.15, 0.2) is 36.7 Å². The van der Waals surface area contributed by atoms with E-state index in [1.54, 1.807) is 12.1 Å². The average molecular weight is 461 g/mol. The van der Waals surface area contributed by atoms with Gasteiger partial charge in [-0.25, -0.2) is 19.3 Å². The molecule has 1 aliphatic heterocycles. The van der Waals surface area contributed by atoms with Gasteiger partial charge in [-0.1, -0.05) is 30.7 Å². The third kappa shape index (κ3) is 4.85. The Labute approximate surface area is 189 Å². The topological polar surface area (TPSA) is 68.2 Å². The molecule has 0 radical (unpaired) electrons. The van der Waals surface area contributed by atoms with Crippen molar-refractivity contribution >= 4 is 28.8 Å². The van der Waals surface area contributed by atoms with Gasteiger partial charge < -0.3 is 9.64 Å². The lowest BCUT2D eigenvalue weighted by Gasteiger charge is -2.39. The summed E-state index contributed by atoms with van der Waals surface area (Å²) in [4.78, 5) is 28.8. The minimum atomic E-state index is -0.315. The zero-order valence-corrected chi connectivity index (χ0v) is 18.8. The van der Waals surface area contributed by atoms with Gasteiger partial charge in [0.05, 0.1) is 33.3 Å². The Hall–Kier alpha value is -2.58. The van der Waals surface area contributed by atoms with E-state index in [0.717, 1.165) is 28.3 Å². The van der Waals surface area contributed by atoms with E-state index in [9.17, 15) is 9.18 Å². The summed E-state index contributed by atoms with van der Waals surface area (Å²) in [6, 6.07) is 6.23. The predicted molar refractivity (Wildman–Crippen MR) is 118 cm³/mol. The summed E-state index contributed by atoms with van der Waals surface area (Å²) in [5.74, 6) is -0.204. The second-order valence-electron chi connectivity index (χ2n) is 7.60. The molecule has 3 aromatic rings. The number of carbonyl (C=O) groups excluding carboxylic acids is 1. The molecule has 0 spiro atoms. The highest BCUT2D eigenvalue weighted by Crippen LogP contribution is 2.33. The molecule has 0 saturated carbocycles. The number of amides is 1. The summed E-state index contributed by atoms with van der Waals surface area (Å²) in [7, 11) is 0. The van der Waals surface area contributed by atoms with Crippen LogP contribution in [0, 0.1) is 18.7 Å². The number of aromatic nitrogens is 3. The monoisotopic (exact) mass is 460 g/mol. The maximum Gasteiger partial charge on any atom is 0.316 e. The number of nitrogens with zero attached hydrogens (tertiary/aromatic N) is 4. The Balaban J connectivity index is 1.58. The number of likely N-dealkylation sites (tertiary alicyclic amines) is 1. The van der Waals surface area contributed by atoms with Crippen molar-refractivity contribution in [1.29, 1.82) is 0 Å². The molecule has 1 fully saturated rings. The van der Waals surface area contributed by atoms with E-state index < -0.39 is 0 Å². The largest absolute Gasteiger partial charge is 0.461 e. The molecule has 0 bridgehead atoms. The van der Waals surface area contributed by atoms with Gasteiger partial charge in [-0.15, -0.1) is 11.3 Å². The molecule has 1 aromatic carbocycles. The first kappa shape index (κ1) is 21.6. The number of halogens is 2. The van der Waals surface area contributed by atoms with Gasteiger partial charge in [0.2, 0.25) is 0 Å². The van der Waals surface area contributed by atoms with Gasteiger partial charge in [0, 0.05) is 6.54 Å². The second-order valence-corrected chi connectivity index (χ2v) is 9.24. The van der Waals surface area contributed by atoms with Crippen molar-refractivity contribution in [3.8, 4) is 16.5 Å². The minimum Gasteiger partial charge on any atom is -0.461 e. The number of ether oxygens (including phenoxy) is 1. The molecular weight excluding hydrogens is 439 g/mol. The highest BCUT2D eigenvalue weighted by Gasteiger charge is 2.35. The fourth-order valence-corrected chi connectivity index (χ4v) is 4.81. The van der Waals surface area contributed by atoms with Gasteiger partial charge in [-0.3, -0.25) is 4.79 Å².